The molecule has 0 saturated heterocycles. The van der Waals surface area contributed by atoms with Gasteiger partial charge in [0.2, 0.25) is 11.8 Å². The van der Waals surface area contributed by atoms with E-state index in [2.05, 4.69) is 5.32 Å². The van der Waals surface area contributed by atoms with Gasteiger partial charge in [-0.3, -0.25) is 13.9 Å². The van der Waals surface area contributed by atoms with Crippen LogP contribution < -0.4 is 9.62 Å². The first kappa shape index (κ1) is 32.5. The molecule has 0 saturated carbocycles. The molecule has 0 fully saturated rings. The van der Waals surface area contributed by atoms with Crippen molar-refractivity contribution >= 4 is 27.5 Å². The molecule has 8 heteroatoms. The highest BCUT2D eigenvalue weighted by Gasteiger charge is 2.35. The second-order valence-electron chi connectivity index (χ2n) is 11.1. The third-order valence-electron chi connectivity index (χ3n) is 7.74. The summed E-state index contributed by atoms with van der Waals surface area (Å²) in [6.07, 6.45) is 1.00. The van der Waals surface area contributed by atoms with Gasteiger partial charge in [-0.15, -0.1) is 0 Å². The van der Waals surface area contributed by atoms with E-state index in [-0.39, 0.29) is 29.8 Å². The molecule has 2 atom stereocenters. The lowest BCUT2D eigenvalue weighted by Crippen LogP contribution is -2.54. The smallest absolute Gasteiger partial charge is 0.264 e. The van der Waals surface area contributed by atoms with Crippen LogP contribution in [0.1, 0.15) is 42.5 Å². The number of benzene rings is 4. The van der Waals surface area contributed by atoms with Crippen LogP contribution in [-0.4, -0.2) is 43.8 Å². The predicted octanol–water partition coefficient (Wildman–Crippen LogP) is 6.05. The van der Waals surface area contributed by atoms with Gasteiger partial charge in [0.1, 0.15) is 12.6 Å². The van der Waals surface area contributed by atoms with Gasteiger partial charge < -0.3 is 10.2 Å². The summed E-state index contributed by atoms with van der Waals surface area (Å²) >= 11 is 0. The van der Waals surface area contributed by atoms with Gasteiger partial charge in [0.25, 0.3) is 10.0 Å². The molecule has 0 heterocycles. The Morgan fingerprint density at radius 2 is 1.36 bits per heavy atom. The minimum atomic E-state index is -4.13. The van der Waals surface area contributed by atoms with Crippen LogP contribution >= 0.6 is 0 Å². The molecule has 1 N–H and O–H groups in total. The minimum absolute atomic E-state index is 0.0801. The van der Waals surface area contributed by atoms with Gasteiger partial charge in [-0.05, 0) is 62.1 Å². The van der Waals surface area contributed by atoms with Crippen molar-refractivity contribution in [2.24, 2.45) is 0 Å². The SMILES string of the molecule is CC[C@@H](C)NC(=O)[C@@H](Cc1ccccc1)N(Cc1ccc(C)cc1)C(=O)CN(c1ccccc1C)S(=O)(=O)c1ccccc1. The van der Waals surface area contributed by atoms with Gasteiger partial charge in [-0.2, -0.15) is 0 Å². The van der Waals surface area contributed by atoms with Gasteiger partial charge in [-0.25, -0.2) is 8.42 Å². The molecule has 0 aliphatic rings. The molecule has 0 aromatic heterocycles. The van der Waals surface area contributed by atoms with E-state index in [0.717, 1.165) is 27.4 Å². The number of carbonyl (C=O) groups excluding carboxylic acids is 2. The highest BCUT2D eigenvalue weighted by molar-refractivity contribution is 7.92. The summed E-state index contributed by atoms with van der Waals surface area (Å²) in [7, 11) is -4.13. The third kappa shape index (κ3) is 8.14. The molecule has 7 nitrogen and oxygen atoms in total. The van der Waals surface area contributed by atoms with E-state index in [9.17, 15) is 18.0 Å². The van der Waals surface area contributed by atoms with Crippen molar-refractivity contribution in [1.29, 1.82) is 0 Å². The largest absolute Gasteiger partial charge is 0.352 e. The quantitative estimate of drug-likeness (QED) is 0.199. The topological polar surface area (TPSA) is 86.8 Å². The summed E-state index contributed by atoms with van der Waals surface area (Å²) in [5.41, 5.74) is 3.92. The van der Waals surface area contributed by atoms with Crippen LogP contribution in [0.2, 0.25) is 0 Å². The lowest BCUT2D eigenvalue weighted by molar-refractivity contribution is -0.140. The Kier molecular flexibility index (Phi) is 11.0. The molecule has 4 aromatic rings. The van der Waals surface area contributed by atoms with E-state index in [1.807, 2.05) is 94.4 Å². The predicted molar refractivity (Wildman–Crippen MR) is 176 cm³/mol. The van der Waals surface area contributed by atoms with Gasteiger partial charge in [-0.1, -0.05) is 103 Å². The summed E-state index contributed by atoms with van der Waals surface area (Å²) < 4.78 is 29.3. The van der Waals surface area contributed by atoms with Crippen LogP contribution in [-0.2, 0) is 32.6 Å². The molecule has 230 valence electrons. The Balaban J connectivity index is 1.81. The summed E-state index contributed by atoms with van der Waals surface area (Å²) in [5, 5.41) is 3.07. The van der Waals surface area contributed by atoms with Crippen molar-refractivity contribution in [2.75, 3.05) is 10.8 Å². The number of amides is 2. The van der Waals surface area contributed by atoms with Crippen molar-refractivity contribution in [1.82, 2.24) is 10.2 Å². The molecule has 44 heavy (non-hydrogen) atoms. The minimum Gasteiger partial charge on any atom is -0.352 e. The maximum atomic E-state index is 14.5. The molecule has 4 aromatic carbocycles. The first-order valence-electron chi connectivity index (χ1n) is 14.9. The van der Waals surface area contributed by atoms with Crippen LogP contribution in [0.5, 0.6) is 0 Å². The molecule has 0 aliphatic heterocycles. The van der Waals surface area contributed by atoms with Crippen LogP contribution in [0.15, 0.2) is 114 Å². The molecule has 0 unspecified atom stereocenters. The van der Waals surface area contributed by atoms with E-state index in [1.54, 1.807) is 30.3 Å². The fourth-order valence-corrected chi connectivity index (χ4v) is 6.46. The Morgan fingerprint density at radius 3 is 1.98 bits per heavy atom. The van der Waals surface area contributed by atoms with Crippen LogP contribution in [0.25, 0.3) is 0 Å². The number of aryl methyl sites for hydroxylation is 2. The lowest BCUT2D eigenvalue weighted by Gasteiger charge is -2.34. The fraction of sp³-hybridized carbons (Fsp3) is 0.278. The second-order valence-corrected chi connectivity index (χ2v) is 13.0. The molecule has 4 rings (SSSR count). The Morgan fingerprint density at radius 1 is 0.773 bits per heavy atom. The van der Waals surface area contributed by atoms with Gasteiger partial charge >= 0.3 is 0 Å². The molecular formula is C36H41N3O4S. The summed E-state index contributed by atoms with van der Waals surface area (Å²) in [5.74, 6) is -0.759. The third-order valence-corrected chi connectivity index (χ3v) is 9.51. The number of hydrogen-bond acceptors (Lipinski definition) is 4. The van der Waals surface area contributed by atoms with Crippen molar-refractivity contribution in [3.05, 3.63) is 131 Å². The zero-order valence-electron chi connectivity index (χ0n) is 25.8. The maximum Gasteiger partial charge on any atom is 0.264 e. The van der Waals surface area contributed by atoms with Gasteiger partial charge in [0.05, 0.1) is 10.6 Å². The van der Waals surface area contributed by atoms with E-state index in [0.29, 0.717) is 11.3 Å². The van der Waals surface area contributed by atoms with Crippen molar-refractivity contribution < 1.29 is 18.0 Å². The summed E-state index contributed by atoms with van der Waals surface area (Å²) in [4.78, 5) is 30.0. The Hall–Kier alpha value is -4.43. The molecular weight excluding hydrogens is 570 g/mol. The second kappa shape index (κ2) is 14.8. The number of nitrogens with zero attached hydrogens (tertiary/aromatic N) is 2. The Labute approximate surface area is 261 Å². The van der Waals surface area contributed by atoms with Crippen molar-refractivity contribution in [3.63, 3.8) is 0 Å². The van der Waals surface area contributed by atoms with E-state index >= 15 is 0 Å². The molecule has 0 spiro atoms. The van der Waals surface area contributed by atoms with E-state index < -0.39 is 28.5 Å². The normalized spacial score (nSPS) is 12.6. The number of anilines is 1. The number of rotatable bonds is 13. The van der Waals surface area contributed by atoms with Crippen LogP contribution in [0.4, 0.5) is 5.69 Å². The molecule has 0 aliphatic carbocycles. The monoisotopic (exact) mass is 611 g/mol. The number of para-hydroxylation sites is 1. The fourth-order valence-electron chi connectivity index (χ4n) is 4.96. The standard InChI is InChI=1S/C36H41N3O4S/c1-5-29(4)37-36(41)34(24-30-15-8-6-9-16-30)38(25-31-22-20-27(2)21-23-31)35(40)26-39(33-19-13-12-14-28(33)3)44(42,43)32-17-10-7-11-18-32/h6-23,29,34H,5,24-26H2,1-4H3,(H,37,41)/t29-,34-/m1/s1. The van der Waals surface area contributed by atoms with Crippen LogP contribution in [0.3, 0.4) is 0 Å². The Bertz CT molecular complexity index is 1640. The van der Waals surface area contributed by atoms with Crippen LogP contribution in [0, 0.1) is 13.8 Å². The first-order valence-corrected chi connectivity index (χ1v) is 16.4. The molecule has 2 amide bonds. The maximum absolute atomic E-state index is 14.5. The van der Waals surface area contributed by atoms with Crippen molar-refractivity contribution in [3.8, 4) is 0 Å². The average Bonchev–Trinajstić information content (AvgIpc) is 3.03. The summed E-state index contributed by atoms with van der Waals surface area (Å²) in [6.45, 7) is 7.37. The highest BCUT2D eigenvalue weighted by Crippen LogP contribution is 2.27. The first-order chi connectivity index (χ1) is 21.1. The zero-order chi connectivity index (χ0) is 31.7. The number of nitrogens with one attached hydrogen (secondary N) is 1. The number of hydrogen-bond donors (Lipinski definition) is 1. The zero-order valence-corrected chi connectivity index (χ0v) is 26.6. The van der Waals surface area contributed by atoms with Gasteiger partial charge in [0.15, 0.2) is 0 Å². The van der Waals surface area contributed by atoms with Gasteiger partial charge in [0, 0.05) is 19.0 Å². The van der Waals surface area contributed by atoms with E-state index in [1.165, 1.54) is 17.0 Å². The summed E-state index contributed by atoms with van der Waals surface area (Å²) in [6, 6.07) is 31.6. The molecule has 0 bridgehead atoms. The van der Waals surface area contributed by atoms with E-state index in [4.69, 9.17) is 0 Å². The average molecular weight is 612 g/mol. The number of carbonyl (C=O) groups is 2. The number of sulfonamides is 1. The highest BCUT2D eigenvalue weighted by atomic mass is 32.2. The molecule has 0 radical (unpaired) electrons. The lowest BCUT2D eigenvalue weighted by atomic mass is 10.0. The van der Waals surface area contributed by atoms with Crippen molar-refractivity contribution in [2.45, 2.75) is 64.1 Å².